The summed E-state index contributed by atoms with van der Waals surface area (Å²) in [5, 5.41) is 2.86. The third-order valence-corrected chi connectivity index (χ3v) is 4.81. The molecule has 1 unspecified atom stereocenters. The molecular weight excluding hydrogens is 328 g/mol. The molecule has 6 nitrogen and oxygen atoms in total. The van der Waals surface area contributed by atoms with Crippen molar-refractivity contribution < 1.29 is 9.59 Å². The molecule has 1 aromatic carbocycles. The summed E-state index contributed by atoms with van der Waals surface area (Å²) < 4.78 is 2.12. The molecule has 1 atom stereocenters. The summed E-state index contributed by atoms with van der Waals surface area (Å²) in [6.07, 6.45) is 2.70. The Labute approximate surface area is 154 Å². The van der Waals surface area contributed by atoms with Crippen molar-refractivity contribution >= 4 is 11.7 Å². The van der Waals surface area contributed by atoms with Gasteiger partial charge >= 0.3 is 0 Å². The number of para-hydroxylation sites is 1. The topological polar surface area (TPSA) is 67.2 Å². The molecule has 0 saturated heterocycles. The maximum atomic E-state index is 12.3. The third kappa shape index (κ3) is 4.02. The summed E-state index contributed by atoms with van der Waals surface area (Å²) in [6.45, 7) is 7.13. The minimum Gasteiger partial charge on any atom is -0.345 e. The monoisotopic (exact) mass is 354 g/mol. The molecule has 0 aliphatic carbocycles. The fourth-order valence-electron chi connectivity index (χ4n) is 3.47. The molecule has 1 aromatic heterocycles. The first-order valence-corrected chi connectivity index (χ1v) is 9.08. The lowest BCUT2D eigenvalue weighted by atomic mass is 10.0. The molecule has 6 heteroatoms. The fraction of sp³-hybridized carbons (Fsp3) is 0.450. The quantitative estimate of drug-likeness (QED) is 0.861. The molecule has 1 aliphatic rings. The number of Topliss-reactive ketones (excluding diaryl/α,β-unsaturated/α-hetero) is 1. The summed E-state index contributed by atoms with van der Waals surface area (Å²) >= 11 is 0. The minimum absolute atomic E-state index is 0.00381. The van der Waals surface area contributed by atoms with Crippen LogP contribution in [0.2, 0.25) is 0 Å². The van der Waals surface area contributed by atoms with Crippen LogP contribution in [0.4, 0.5) is 0 Å². The van der Waals surface area contributed by atoms with Gasteiger partial charge in [-0.3, -0.25) is 14.5 Å². The molecule has 1 aliphatic heterocycles. The molecule has 0 bridgehead atoms. The van der Waals surface area contributed by atoms with Gasteiger partial charge in [-0.15, -0.1) is 0 Å². The summed E-state index contributed by atoms with van der Waals surface area (Å²) in [5.74, 6) is -0.0216. The molecule has 1 N–H and O–H groups in total. The number of imidazole rings is 1. The number of amides is 1. The van der Waals surface area contributed by atoms with E-state index in [0.29, 0.717) is 6.54 Å². The van der Waals surface area contributed by atoms with Crippen LogP contribution in [0.25, 0.3) is 5.69 Å². The minimum atomic E-state index is -0.417. The van der Waals surface area contributed by atoms with E-state index < -0.39 is 6.04 Å². The number of hydrogen-bond donors (Lipinski definition) is 1. The second kappa shape index (κ2) is 7.83. The van der Waals surface area contributed by atoms with Crippen molar-refractivity contribution in [2.75, 3.05) is 13.1 Å². The van der Waals surface area contributed by atoms with Crippen LogP contribution in [0.1, 0.15) is 32.2 Å². The van der Waals surface area contributed by atoms with Crippen molar-refractivity contribution in [3.05, 3.63) is 48.0 Å². The van der Waals surface area contributed by atoms with E-state index in [1.165, 1.54) is 12.6 Å². The van der Waals surface area contributed by atoms with Crippen molar-refractivity contribution in [2.24, 2.45) is 5.92 Å². The SMILES string of the molecule is CC(=O)C(NC(=O)CN1CCc2c(ncn2-c2ccccc2)C1)C(C)C. The highest BCUT2D eigenvalue weighted by Gasteiger charge is 2.25. The van der Waals surface area contributed by atoms with Gasteiger partial charge in [-0.2, -0.15) is 0 Å². The Morgan fingerprint density at radius 1 is 1.23 bits per heavy atom. The van der Waals surface area contributed by atoms with Crippen LogP contribution >= 0.6 is 0 Å². The molecule has 3 rings (SSSR count). The fourth-order valence-corrected chi connectivity index (χ4v) is 3.47. The highest BCUT2D eigenvalue weighted by Crippen LogP contribution is 2.21. The number of nitrogens with zero attached hydrogens (tertiary/aromatic N) is 3. The number of fused-ring (bicyclic) bond motifs is 1. The first kappa shape index (κ1) is 18.3. The van der Waals surface area contributed by atoms with Gasteiger partial charge in [0.1, 0.15) is 0 Å². The van der Waals surface area contributed by atoms with E-state index in [9.17, 15) is 9.59 Å². The predicted molar refractivity (Wildman–Crippen MR) is 100.0 cm³/mol. The smallest absolute Gasteiger partial charge is 0.234 e. The van der Waals surface area contributed by atoms with Crippen molar-refractivity contribution in [1.29, 1.82) is 0 Å². The number of hydrogen-bond acceptors (Lipinski definition) is 4. The van der Waals surface area contributed by atoms with E-state index >= 15 is 0 Å². The van der Waals surface area contributed by atoms with Gasteiger partial charge in [-0.05, 0) is 25.0 Å². The second-order valence-electron chi connectivity index (χ2n) is 7.20. The molecule has 0 radical (unpaired) electrons. The Balaban J connectivity index is 1.64. The lowest BCUT2D eigenvalue weighted by Gasteiger charge is -2.27. The average Bonchev–Trinajstić information content (AvgIpc) is 3.03. The largest absolute Gasteiger partial charge is 0.345 e. The van der Waals surface area contributed by atoms with Gasteiger partial charge in [-0.1, -0.05) is 32.0 Å². The Bertz CT molecular complexity index is 782. The second-order valence-corrected chi connectivity index (χ2v) is 7.20. The van der Waals surface area contributed by atoms with Crippen LogP contribution in [0.15, 0.2) is 36.7 Å². The Hall–Kier alpha value is -2.47. The zero-order valence-corrected chi connectivity index (χ0v) is 15.6. The molecule has 1 amide bonds. The van der Waals surface area contributed by atoms with Crippen LogP contribution in [0, 0.1) is 5.92 Å². The molecular formula is C20H26N4O2. The van der Waals surface area contributed by atoms with Gasteiger partial charge in [0.15, 0.2) is 5.78 Å². The lowest BCUT2D eigenvalue weighted by Crippen LogP contribution is -2.48. The normalized spacial score (nSPS) is 15.5. The maximum Gasteiger partial charge on any atom is 0.234 e. The van der Waals surface area contributed by atoms with Gasteiger partial charge < -0.3 is 9.88 Å². The average molecular weight is 354 g/mol. The van der Waals surface area contributed by atoms with E-state index in [4.69, 9.17) is 0 Å². The van der Waals surface area contributed by atoms with Crippen LogP contribution in [-0.2, 0) is 22.6 Å². The van der Waals surface area contributed by atoms with E-state index in [-0.39, 0.29) is 24.2 Å². The van der Waals surface area contributed by atoms with Crippen molar-refractivity contribution in [1.82, 2.24) is 19.8 Å². The van der Waals surface area contributed by atoms with E-state index in [1.54, 1.807) is 0 Å². The zero-order valence-electron chi connectivity index (χ0n) is 15.6. The highest BCUT2D eigenvalue weighted by atomic mass is 16.2. The van der Waals surface area contributed by atoms with E-state index in [2.05, 4.69) is 31.9 Å². The van der Waals surface area contributed by atoms with Crippen molar-refractivity contribution in [3.8, 4) is 5.69 Å². The first-order chi connectivity index (χ1) is 12.5. The predicted octanol–water partition coefficient (Wildman–Crippen LogP) is 1.96. The number of rotatable bonds is 6. The zero-order chi connectivity index (χ0) is 18.7. The van der Waals surface area contributed by atoms with Crippen LogP contribution in [-0.4, -0.2) is 45.3 Å². The Morgan fingerprint density at radius 3 is 2.62 bits per heavy atom. The molecule has 2 heterocycles. The summed E-state index contributed by atoms with van der Waals surface area (Å²) in [7, 11) is 0. The Kier molecular flexibility index (Phi) is 5.52. The number of aromatic nitrogens is 2. The van der Waals surface area contributed by atoms with Crippen LogP contribution in [0.3, 0.4) is 0 Å². The number of carbonyl (C=O) groups excluding carboxylic acids is 2. The molecule has 26 heavy (non-hydrogen) atoms. The number of carbonyl (C=O) groups is 2. The standard InChI is InChI=1S/C20H26N4O2/c1-14(2)20(15(3)25)22-19(26)12-23-10-9-18-17(11-23)21-13-24(18)16-7-5-4-6-8-16/h4-8,13-14,20H,9-12H2,1-3H3,(H,22,26). The van der Waals surface area contributed by atoms with Gasteiger partial charge in [-0.25, -0.2) is 4.98 Å². The van der Waals surface area contributed by atoms with Crippen LogP contribution in [0.5, 0.6) is 0 Å². The molecule has 0 fully saturated rings. The van der Waals surface area contributed by atoms with E-state index in [0.717, 1.165) is 24.3 Å². The van der Waals surface area contributed by atoms with Crippen molar-refractivity contribution in [3.63, 3.8) is 0 Å². The van der Waals surface area contributed by atoms with E-state index in [1.807, 2.05) is 38.4 Å². The highest BCUT2D eigenvalue weighted by molar-refractivity contribution is 5.88. The molecule has 2 aromatic rings. The molecule has 0 spiro atoms. The Morgan fingerprint density at radius 2 is 1.96 bits per heavy atom. The van der Waals surface area contributed by atoms with Gasteiger partial charge in [0.25, 0.3) is 0 Å². The van der Waals surface area contributed by atoms with Crippen LogP contribution < -0.4 is 5.32 Å². The summed E-state index contributed by atoms with van der Waals surface area (Å²) in [5.41, 5.74) is 3.32. The first-order valence-electron chi connectivity index (χ1n) is 9.08. The number of benzene rings is 1. The van der Waals surface area contributed by atoms with Gasteiger partial charge in [0.05, 0.1) is 24.6 Å². The number of nitrogens with one attached hydrogen (secondary N) is 1. The van der Waals surface area contributed by atoms with Gasteiger partial charge in [0.2, 0.25) is 5.91 Å². The maximum absolute atomic E-state index is 12.3. The van der Waals surface area contributed by atoms with Crippen molar-refractivity contribution in [2.45, 2.75) is 39.8 Å². The van der Waals surface area contributed by atoms with Gasteiger partial charge in [0, 0.05) is 30.9 Å². The molecule has 138 valence electrons. The third-order valence-electron chi connectivity index (χ3n) is 4.81. The summed E-state index contributed by atoms with van der Waals surface area (Å²) in [6, 6.07) is 9.74. The number of ketones is 1. The summed E-state index contributed by atoms with van der Waals surface area (Å²) in [4.78, 5) is 30.6. The molecule has 0 saturated carbocycles. The lowest BCUT2D eigenvalue weighted by molar-refractivity contribution is -0.128.